The molecule has 0 N–H and O–H groups in total. The van der Waals surface area contributed by atoms with E-state index in [-0.39, 0.29) is 5.78 Å². The smallest absolute Gasteiger partial charge is 0.308 e. The van der Waals surface area contributed by atoms with Crippen molar-refractivity contribution in [3.63, 3.8) is 0 Å². The van der Waals surface area contributed by atoms with Crippen LogP contribution in [-0.4, -0.2) is 24.1 Å². The van der Waals surface area contributed by atoms with Gasteiger partial charge in [-0.05, 0) is 37.7 Å². The molecule has 0 aliphatic carbocycles. The molecule has 1 aromatic carbocycles. The van der Waals surface area contributed by atoms with Crippen molar-refractivity contribution in [2.45, 2.75) is 40.0 Å². The molecule has 0 aliphatic heterocycles. The number of hydrogen-bond donors (Lipinski definition) is 1. The van der Waals surface area contributed by atoms with Crippen LogP contribution in [-0.2, 0) is 11.2 Å². The quantitative estimate of drug-likeness (QED) is 0.263. The lowest BCUT2D eigenvalue weighted by Crippen LogP contribution is -2.11. The highest BCUT2D eigenvalue weighted by molar-refractivity contribution is 7.80. The van der Waals surface area contributed by atoms with Gasteiger partial charge in [0, 0.05) is 12.5 Å². The molecule has 0 bridgehead atoms. The molecule has 4 nitrogen and oxygen atoms in total. The van der Waals surface area contributed by atoms with Gasteiger partial charge in [-0.15, -0.1) is 0 Å². The second-order valence-corrected chi connectivity index (χ2v) is 5.19. The minimum atomic E-state index is -0.442. The number of ether oxygens (including phenoxy) is 2. The first-order chi connectivity index (χ1) is 10.0. The van der Waals surface area contributed by atoms with E-state index in [1.54, 1.807) is 12.1 Å². The molecule has 21 heavy (non-hydrogen) atoms. The highest BCUT2D eigenvalue weighted by atomic mass is 32.1. The van der Waals surface area contributed by atoms with Gasteiger partial charge in [-0.2, -0.15) is 12.6 Å². The van der Waals surface area contributed by atoms with E-state index in [9.17, 15) is 9.59 Å². The van der Waals surface area contributed by atoms with Crippen LogP contribution in [0, 0.1) is 0 Å². The fourth-order valence-corrected chi connectivity index (χ4v) is 2.15. The molecule has 0 saturated heterocycles. The van der Waals surface area contributed by atoms with Gasteiger partial charge in [0.05, 0.1) is 12.2 Å². The van der Waals surface area contributed by atoms with E-state index in [4.69, 9.17) is 9.47 Å². The predicted octanol–water partition coefficient (Wildman–Crippen LogP) is 3.47. The van der Waals surface area contributed by atoms with Crippen LogP contribution in [0.25, 0.3) is 0 Å². The van der Waals surface area contributed by atoms with E-state index < -0.39 is 5.97 Å². The molecule has 0 radical (unpaired) electrons. The van der Waals surface area contributed by atoms with Crippen LogP contribution in [0.5, 0.6) is 11.5 Å². The molecule has 0 unspecified atom stereocenters. The van der Waals surface area contributed by atoms with Gasteiger partial charge in [-0.3, -0.25) is 9.59 Å². The largest absolute Gasteiger partial charge is 0.493 e. The van der Waals surface area contributed by atoms with Gasteiger partial charge in [-0.1, -0.05) is 13.3 Å². The van der Waals surface area contributed by atoms with Crippen molar-refractivity contribution in [1.29, 1.82) is 0 Å². The molecule has 0 heterocycles. The Morgan fingerprint density at radius 3 is 2.48 bits per heavy atom. The number of ketones is 1. The molecule has 0 aliphatic rings. The summed E-state index contributed by atoms with van der Waals surface area (Å²) in [6.45, 7) is 5.35. The lowest BCUT2D eigenvalue weighted by molar-refractivity contribution is -0.131. The van der Waals surface area contributed by atoms with E-state index >= 15 is 0 Å². The minimum Gasteiger partial charge on any atom is -0.493 e. The highest BCUT2D eigenvalue weighted by Crippen LogP contribution is 2.34. The van der Waals surface area contributed by atoms with E-state index in [1.165, 1.54) is 13.8 Å². The summed E-state index contributed by atoms with van der Waals surface area (Å²) in [5, 5.41) is 0. The molecule has 0 spiro atoms. The first-order valence-corrected chi connectivity index (χ1v) is 7.73. The average molecular weight is 310 g/mol. The average Bonchev–Trinajstić information content (AvgIpc) is 2.41. The van der Waals surface area contributed by atoms with Crippen LogP contribution in [0.4, 0.5) is 0 Å². The van der Waals surface area contributed by atoms with Gasteiger partial charge >= 0.3 is 5.97 Å². The number of Topliss-reactive ketones (excluding diaryl/α,β-unsaturated/α-hetero) is 1. The monoisotopic (exact) mass is 310 g/mol. The summed E-state index contributed by atoms with van der Waals surface area (Å²) >= 11 is 4.15. The number of thiol groups is 1. The molecule has 0 fully saturated rings. The maximum atomic E-state index is 11.7. The summed E-state index contributed by atoms with van der Waals surface area (Å²) < 4.78 is 11.0. The number of rotatable bonds is 8. The summed E-state index contributed by atoms with van der Waals surface area (Å²) in [7, 11) is 0. The van der Waals surface area contributed by atoms with Crippen LogP contribution >= 0.6 is 12.6 Å². The maximum Gasteiger partial charge on any atom is 0.308 e. The Balaban J connectivity index is 3.25. The molecule has 0 amide bonds. The Hall–Kier alpha value is -1.49. The third kappa shape index (κ3) is 5.08. The molecule has 0 saturated carbocycles. The number of hydrogen-bond acceptors (Lipinski definition) is 5. The number of carbonyl (C=O) groups is 2. The predicted molar refractivity (Wildman–Crippen MR) is 85.7 cm³/mol. The van der Waals surface area contributed by atoms with Crippen LogP contribution in [0.15, 0.2) is 12.1 Å². The zero-order valence-electron chi connectivity index (χ0n) is 12.8. The van der Waals surface area contributed by atoms with Crippen LogP contribution in [0.3, 0.4) is 0 Å². The highest BCUT2D eigenvalue weighted by Gasteiger charge is 2.19. The lowest BCUT2D eigenvalue weighted by Gasteiger charge is -2.17. The topological polar surface area (TPSA) is 52.6 Å². The van der Waals surface area contributed by atoms with Gasteiger partial charge in [0.1, 0.15) is 11.5 Å². The summed E-state index contributed by atoms with van der Waals surface area (Å²) in [5.41, 5.74) is 1.19. The van der Waals surface area contributed by atoms with Gasteiger partial charge in [0.2, 0.25) is 0 Å². The summed E-state index contributed by atoms with van der Waals surface area (Å²) in [6.07, 6.45) is 2.37. The number of esters is 1. The Kier molecular flexibility index (Phi) is 7.29. The van der Waals surface area contributed by atoms with Gasteiger partial charge in [0.25, 0.3) is 0 Å². The van der Waals surface area contributed by atoms with Crippen molar-refractivity contribution in [3.8, 4) is 11.5 Å². The fraction of sp³-hybridized carbons (Fsp3) is 0.500. The van der Waals surface area contributed by atoms with Crippen molar-refractivity contribution < 1.29 is 19.1 Å². The van der Waals surface area contributed by atoms with Crippen molar-refractivity contribution in [2.24, 2.45) is 0 Å². The maximum absolute atomic E-state index is 11.7. The third-order valence-electron chi connectivity index (χ3n) is 2.90. The number of benzene rings is 1. The third-order valence-corrected chi connectivity index (χ3v) is 3.22. The normalized spacial score (nSPS) is 10.3. The van der Waals surface area contributed by atoms with Gasteiger partial charge in [-0.25, -0.2) is 0 Å². The molecule has 0 aromatic heterocycles. The number of carbonyl (C=O) groups excluding carboxylic acids is 2. The van der Waals surface area contributed by atoms with Crippen molar-refractivity contribution in [3.05, 3.63) is 23.3 Å². The van der Waals surface area contributed by atoms with Crippen LogP contribution in [0.2, 0.25) is 0 Å². The second kappa shape index (κ2) is 8.72. The van der Waals surface area contributed by atoms with Crippen LogP contribution in [0.1, 0.15) is 49.5 Å². The minimum absolute atomic E-state index is 0.134. The fourth-order valence-electron chi connectivity index (χ4n) is 2.02. The summed E-state index contributed by atoms with van der Waals surface area (Å²) in [5.74, 6) is 1.17. The summed E-state index contributed by atoms with van der Waals surface area (Å²) in [4.78, 5) is 23.1. The molecular weight excluding hydrogens is 288 g/mol. The Labute approximate surface area is 131 Å². The molecule has 116 valence electrons. The molecular formula is C16H22O4S. The first kappa shape index (κ1) is 17.6. The van der Waals surface area contributed by atoms with Crippen molar-refractivity contribution in [2.75, 3.05) is 12.4 Å². The van der Waals surface area contributed by atoms with Crippen LogP contribution < -0.4 is 9.47 Å². The first-order valence-electron chi connectivity index (χ1n) is 7.10. The zero-order chi connectivity index (χ0) is 15.8. The van der Waals surface area contributed by atoms with Gasteiger partial charge in [0.15, 0.2) is 5.78 Å². The molecule has 1 aromatic rings. The van der Waals surface area contributed by atoms with Crippen molar-refractivity contribution in [1.82, 2.24) is 0 Å². The van der Waals surface area contributed by atoms with E-state index in [2.05, 4.69) is 12.6 Å². The second-order valence-electron chi connectivity index (χ2n) is 4.74. The Morgan fingerprint density at radius 2 is 1.95 bits per heavy atom. The van der Waals surface area contributed by atoms with E-state index in [1.807, 2.05) is 6.92 Å². The van der Waals surface area contributed by atoms with Gasteiger partial charge < -0.3 is 9.47 Å². The lowest BCUT2D eigenvalue weighted by atomic mass is 10.0. The van der Waals surface area contributed by atoms with Crippen molar-refractivity contribution >= 4 is 24.4 Å². The Morgan fingerprint density at radius 1 is 1.24 bits per heavy atom. The van der Waals surface area contributed by atoms with E-state index in [0.717, 1.165) is 24.2 Å². The molecule has 0 atom stereocenters. The standard InChI is InChI=1S/C16H22O4S/c1-4-6-14-15(19-9-5-10-21)8-7-13(11(2)17)16(14)20-12(3)18/h7-8,21H,4-6,9-10H2,1-3H3. The summed E-state index contributed by atoms with van der Waals surface area (Å²) in [6, 6.07) is 3.42. The molecule has 1 rings (SSSR count). The molecule has 5 heteroatoms. The van der Waals surface area contributed by atoms with E-state index in [0.29, 0.717) is 30.1 Å². The SMILES string of the molecule is CCCc1c(OCCCS)ccc(C(C)=O)c1OC(C)=O. The zero-order valence-corrected chi connectivity index (χ0v) is 13.7. The Bertz CT molecular complexity index is 511.